The third-order valence-corrected chi connectivity index (χ3v) is 10.5. The molecule has 4 heterocycles. The summed E-state index contributed by atoms with van der Waals surface area (Å²) in [5.74, 6) is 1.67. The number of rotatable bonds is 12. The molecule has 40 heavy (non-hydrogen) atoms. The van der Waals surface area contributed by atoms with Crippen molar-refractivity contribution in [1.29, 1.82) is 0 Å². The van der Waals surface area contributed by atoms with E-state index in [4.69, 9.17) is 0 Å². The van der Waals surface area contributed by atoms with Gasteiger partial charge in [-0.15, -0.1) is 0 Å². The standard InChI is InChI=1S/C29H57N9O2/c1-2-21-16-30-10-8-23(21)17-33-29(40)22-5-3-6-24(15-22)32-18-27-35-36-28(26-9-11-31-20-34-26)38(27)14-13-37-12-4-7-25(37)19-39/h21-28,30-32,34-36,39H,2-20H2,1H3,(H,33,40)/t21?,22?,23?,24?,25-,26?,27?,28?/m1/s1. The molecule has 1 aliphatic carbocycles. The van der Waals surface area contributed by atoms with E-state index in [1.807, 2.05) is 0 Å². The second-order valence-corrected chi connectivity index (χ2v) is 12.9. The lowest BCUT2D eigenvalue weighted by Gasteiger charge is -2.37. The number of nitrogens with one attached hydrogen (secondary N) is 7. The van der Waals surface area contributed by atoms with Crippen molar-refractivity contribution < 1.29 is 9.90 Å². The Kier molecular flexibility index (Phi) is 11.9. The van der Waals surface area contributed by atoms with Crippen LogP contribution in [0.1, 0.15) is 64.7 Å². The Labute approximate surface area is 241 Å². The van der Waals surface area contributed by atoms with E-state index in [1.165, 1.54) is 19.3 Å². The number of nitrogens with zero attached hydrogens (tertiary/aromatic N) is 2. The predicted octanol–water partition coefficient (Wildman–Crippen LogP) is -0.686. The molecule has 0 radical (unpaired) electrons. The average molecular weight is 564 g/mol. The summed E-state index contributed by atoms with van der Waals surface area (Å²) in [6, 6.07) is 1.08. The van der Waals surface area contributed by atoms with Gasteiger partial charge in [-0.25, -0.2) is 10.9 Å². The van der Waals surface area contributed by atoms with E-state index >= 15 is 0 Å². The lowest BCUT2D eigenvalue weighted by molar-refractivity contribution is -0.126. The number of hydrogen-bond donors (Lipinski definition) is 8. The lowest BCUT2D eigenvalue weighted by atomic mass is 9.83. The van der Waals surface area contributed by atoms with Crippen LogP contribution in [0.2, 0.25) is 0 Å². The predicted molar refractivity (Wildman–Crippen MR) is 158 cm³/mol. The van der Waals surface area contributed by atoms with Crippen LogP contribution in [0.4, 0.5) is 0 Å². The molecule has 5 aliphatic rings. The van der Waals surface area contributed by atoms with E-state index in [-0.39, 0.29) is 30.8 Å². The zero-order valence-electron chi connectivity index (χ0n) is 24.8. The van der Waals surface area contributed by atoms with Gasteiger partial charge in [0.2, 0.25) is 5.91 Å². The number of piperidine rings is 1. The number of aliphatic hydroxyl groups is 1. The second-order valence-electron chi connectivity index (χ2n) is 12.9. The van der Waals surface area contributed by atoms with Crippen LogP contribution in [0, 0.1) is 17.8 Å². The van der Waals surface area contributed by atoms with E-state index in [0.29, 0.717) is 30.0 Å². The molecule has 0 aromatic heterocycles. The molecule has 7 unspecified atom stereocenters. The highest BCUT2D eigenvalue weighted by Crippen LogP contribution is 2.26. The number of likely N-dealkylation sites (tertiary alicyclic amines) is 1. The van der Waals surface area contributed by atoms with Gasteiger partial charge in [0, 0.05) is 56.9 Å². The summed E-state index contributed by atoms with van der Waals surface area (Å²) in [6.07, 6.45) is 10.3. The molecule has 1 saturated carbocycles. The van der Waals surface area contributed by atoms with Gasteiger partial charge in [-0.1, -0.05) is 19.8 Å². The minimum absolute atomic E-state index is 0.121. The Hall–Kier alpha value is -0.890. The van der Waals surface area contributed by atoms with Crippen molar-refractivity contribution in [2.75, 3.05) is 65.6 Å². The number of aliphatic hydroxyl groups excluding tert-OH is 1. The molecular weight excluding hydrogens is 506 g/mol. The van der Waals surface area contributed by atoms with E-state index in [1.54, 1.807) is 0 Å². The van der Waals surface area contributed by atoms with Crippen molar-refractivity contribution in [2.24, 2.45) is 17.8 Å². The van der Waals surface area contributed by atoms with Crippen molar-refractivity contribution in [3.05, 3.63) is 0 Å². The quantitative estimate of drug-likeness (QED) is 0.155. The maximum atomic E-state index is 13.2. The molecular formula is C29H57N9O2. The third kappa shape index (κ3) is 7.93. The summed E-state index contributed by atoms with van der Waals surface area (Å²) in [5, 5.41) is 27.6. The van der Waals surface area contributed by atoms with Gasteiger partial charge in [0.05, 0.1) is 18.9 Å². The van der Waals surface area contributed by atoms with Crippen molar-refractivity contribution in [2.45, 2.75) is 95.2 Å². The smallest absolute Gasteiger partial charge is 0.223 e. The van der Waals surface area contributed by atoms with Gasteiger partial charge in [0.15, 0.2) is 0 Å². The molecule has 230 valence electrons. The van der Waals surface area contributed by atoms with Gasteiger partial charge >= 0.3 is 0 Å². The summed E-state index contributed by atoms with van der Waals surface area (Å²) >= 11 is 0. The van der Waals surface area contributed by atoms with E-state index in [0.717, 1.165) is 97.6 Å². The Morgan fingerprint density at radius 3 is 2.70 bits per heavy atom. The van der Waals surface area contributed by atoms with Crippen LogP contribution in [0.3, 0.4) is 0 Å². The topological polar surface area (TPSA) is 128 Å². The molecule has 4 aliphatic heterocycles. The summed E-state index contributed by atoms with van der Waals surface area (Å²) in [6.45, 7) is 11.3. The molecule has 8 atom stereocenters. The van der Waals surface area contributed by atoms with Gasteiger partial charge in [0.25, 0.3) is 0 Å². The van der Waals surface area contributed by atoms with Crippen molar-refractivity contribution in [3.63, 3.8) is 0 Å². The molecule has 0 spiro atoms. The molecule has 5 fully saturated rings. The van der Waals surface area contributed by atoms with Crippen molar-refractivity contribution >= 4 is 5.91 Å². The highest BCUT2D eigenvalue weighted by Gasteiger charge is 2.39. The minimum atomic E-state index is 0.121. The summed E-state index contributed by atoms with van der Waals surface area (Å²) < 4.78 is 0. The summed E-state index contributed by atoms with van der Waals surface area (Å²) in [5.41, 5.74) is 7.20. The minimum Gasteiger partial charge on any atom is -0.395 e. The zero-order valence-corrected chi connectivity index (χ0v) is 24.8. The van der Waals surface area contributed by atoms with E-state index < -0.39 is 0 Å². The van der Waals surface area contributed by atoms with Crippen LogP contribution in [-0.4, -0.2) is 117 Å². The largest absolute Gasteiger partial charge is 0.395 e. The Morgan fingerprint density at radius 1 is 0.975 bits per heavy atom. The molecule has 11 heteroatoms. The molecule has 8 N–H and O–H groups in total. The van der Waals surface area contributed by atoms with E-state index in [2.05, 4.69) is 54.2 Å². The SMILES string of the molecule is CCC1CNCCC1CNC(=O)C1CCCC(NCC2NNC(C3CCNCN3)N2CCN2CCC[C@@H]2CO)C1. The average Bonchev–Trinajstić information content (AvgIpc) is 3.64. The van der Waals surface area contributed by atoms with Gasteiger partial charge in [-0.3, -0.25) is 19.9 Å². The fourth-order valence-corrected chi connectivity index (χ4v) is 7.89. The number of amides is 1. The lowest BCUT2D eigenvalue weighted by Crippen LogP contribution is -2.59. The van der Waals surface area contributed by atoms with Crippen LogP contribution >= 0.6 is 0 Å². The van der Waals surface area contributed by atoms with Crippen LogP contribution in [0.15, 0.2) is 0 Å². The van der Waals surface area contributed by atoms with Crippen molar-refractivity contribution in [1.82, 2.24) is 47.2 Å². The fraction of sp³-hybridized carbons (Fsp3) is 0.966. The van der Waals surface area contributed by atoms with Gasteiger partial charge < -0.3 is 26.4 Å². The normalized spacial score (nSPS) is 38.0. The molecule has 0 aromatic carbocycles. The van der Waals surface area contributed by atoms with Crippen LogP contribution in [0.5, 0.6) is 0 Å². The monoisotopic (exact) mass is 563 g/mol. The van der Waals surface area contributed by atoms with Crippen LogP contribution in [-0.2, 0) is 4.79 Å². The second kappa shape index (κ2) is 15.5. The maximum Gasteiger partial charge on any atom is 0.223 e. The fourth-order valence-electron chi connectivity index (χ4n) is 7.89. The number of carbonyl (C=O) groups is 1. The van der Waals surface area contributed by atoms with Crippen LogP contribution in [0.25, 0.3) is 0 Å². The molecule has 0 bridgehead atoms. The zero-order chi connectivity index (χ0) is 27.7. The van der Waals surface area contributed by atoms with Gasteiger partial charge in [-0.05, 0) is 83.0 Å². The Bertz CT molecular complexity index is 770. The highest BCUT2D eigenvalue weighted by molar-refractivity contribution is 5.78. The molecule has 0 aromatic rings. The Morgan fingerprint density at radius 2 is 1.88 bits per heavy atom. The summed E-state index contributed by atoms with van der Waals surface area (Å²) in [7, 11) is 0. The summed E-state index contributed by atoms with van der Waals surface area (Å²) in [4.78, 5) is 18.2. The highest BCUT2D eigenvalue weighted by atomic mass is 16.3. The number of hydrazine groups is 1. The molecule has 11 nitrogen and oxygen atoms in total. The number of carbonyl (C=O) groups excluding carboxylic acids is 1. The molecule has 5 rings (SSSR count). The molecule has 4 saturated heterocycles. The maximum absolute atomic E-state index is 13.2. The van der Waals surface area contributed by atoms with Crippen LogP contribution < -0.4 is 37.4 Å². The Balaban J connectivity index is 1.11. The molecule has 1 amide bonds. The van der Waals surface area contributed by atoms with E-state index in [9.17, 15) is 9.90 Å². The van der Waals surface area contributed by atoms with Gasteiger partial charge in [0.1, 0.15) is 0 Å². The number of hydrogen-bond acceptors (Lipinski definition) is 10. The first-order chi connectivity index (χ1) is 19.7. The van der Waals surface area contributed by atoms with Gasteiger partial charge in [-0.2, -0.15) is 0 Å². The first-order valence-electron chi connectivity index (χ1n) is 16.4. The third-order valence-electron chi connectivity index (χ3n) is 10.5. The first-order valence-corrected chi connectivity index (χ1v) is 16.4. The van der Waals surface area contributed by atoms with Crippen molar-refractivity contribution in [3.8, 4) is 0 Å². The first kappa shape index (κ1) is 30.6.